The zero-order chi connectivity index (χ0) is 24.5. The standard InChI is InChI=1S/C26H32N2O6/c1-3-14-28(16-24(29)30)25(31)23(13-8-15-33-2)27-26(32)34-17-22-20-11-6-4-9-18(20)19-10-5-7-12-21(19)22/h4-7,9-12,22-23H,3,8,13-17H2,1-2H3,(H,27,32)(H,29,30). The molecule has 0 heterocycles. The number of fused-ring (bicyclic) bond motifs is 3. The number of hydrogen-bond donors (Lipinski definition) is 2. The zero-order valence-electron chi connectivity index (χ0n) is 19.7. The molecule has 2 N–H and O–H groups in total. The van der Waals surface area contributed by atoms with Crippen LogP contribution in [0.2, 0.25) is 0 Å². The van der Waals surface area contributed by atoms with Crippen molar-refractivity contribution in [3.05, 3.63) is 59.7 Å². The van der Waals surface area contributed by atoms with Gasteiger partial charge in [0.1, 0.15) is 19.2 Å². The molecule has 3 rings (SSSR count). The van der Waals surface area contributed by atoms with Crippen LogP contribution in [0.5, 0.6) is 0 Å². The summed E-state index contributed by atoms with van der Waals surface area (Å²) in [5.41, 5.74) is 4.45. The van der Waals surface area contributed by atoms with Gasteiger partial charge in [-0.2, -0.15) is 0 Å². The van der Waals surface area contributed by atoms with Crippen LogP contribution in [0.3, 0.4) is 0 Å². The third-order valence-electron chi connectivity index (χ3n) is 5.91. The molecular formula is C26H32N2O6. The van der Waals surface area contributed by atoms with E-state index in [9.17, 15) is 19.5 Å². The summed E-state index contributed by atoms with van der Waals surface area (Å²) in [5, 5.41) is 11.8. The van der Waals surface area contributed by atoms with E-state index in [2.05, 4.69) is 17.4 Å². The van der Waals surface area contributed by atoms with Crippen LogP contribution in [0, 0.1) is 0 Å². The molecular weight excluding hydrogens is 436 g/mol. The van der Waals surface area contributed by atoms with Crippen molar-refractivity contribution in [2.24, 2.45) is 0 Å². The van der Waals surface area contributed by atoms with Gasteiger partial charge in [-0.1, -0.05) is 55.5 Å². The first-order chi connectivity index (χ1) is 16.5. The number of amides is 2. The number of carbonyl (C=O) groups excluding carboxylic acids is 2. The van der Waals surface area contributed by atoms with Crippen LogP contribution in [0.4, 0.5) is 4.79 Å². The van der Waals surface area contributed by atoms with Crippen molar-refractivity contribution < 1.29 is 29.0 Å². The van der Waals surface area contributed by atoms with Gasteiger partial charge in [0.05, 0.1) is 0 Å². The van der Waals surface area contributed by atoms with E-state index in [1.807, 2.05) is 43.3 Å². The van der Waals surface area contributed by atoms with Gasteiger partial charge < -0.3 is 24.8 Å². The van der Waals surface area contributed by atoms with Crippen molar-refractivity contribution in [2.75, 3.05) is 33.4 Å². The highest BCUT2D eigenvalue weighted by Gasteiger charge is 2.31. The predicted octanol–water partition coefficient (Wildman–Crippen LogP) is 3.64. The Balaban J connectivity index is 1.68. The fourth-order valence-corrected chi connectivity index (χ4v) is 4.39. The number of benzene rings is 2. The van der Waals surface area contributed by atoms with E-state index in [-0.39, 0.29) is 19.1 Å². The number of ether oxygens (including phenoxy) is 2. The summed E-state index contributed by atoms with van der Waals surface area (Å²) in [6.07, 6.45) is 0.749. The second-order valence-corrected chi connectivity index (χ2v) is 8.31. The first kappa shape index (κ1) is 25.2. The Hall–Kier alpha value is -3.39. The molecule has 1 atom stereocenters. The lowest BCUT2D eigenvalue weighted by molar-refractivity contribution is -0.145. The van der Waals surface area contributed by atoms with Crippen molar-refractivity contribution in [2.45, 2.75) is 38.1 Å². The number of carboxylic acid groups (broad SMARTS) is 1. The van der Waals surface area contributed by atoms with Gasteiger partial charge in [0.25, 0.3) is 0 Å². The van der Waals surface area contributed by atoms with Crippen molar-refractivity contribution >= 4 is 18.0 Å². The third kappa shape index (κ3) is 6.14. The number of methoxy groups -OCH3 is 1. The predicted molar refractivity (Wildman–Crippen MR) is 128 cm³/mol. The number of aliphatic carboxylic acids is 1. The van der Waals surface area contributed by atoms with Crippen LogP contribution in [0.25, 0.3) is 11.1 Å². The number of hydrogen-bond acceptors (Lipinski definition) is 5. The Morgan fingerprint density at radius 2 is 1.68 bits per heavy atom. The molecule has 0 spiro atoms. The summed E-state index contributed by atoms with van der Waals surface area (Å²) in [7, 11) is 1.56. The summed E-state index contributed by atoms with van der Waals surface area (Å²) in [5.74, 6) is -1.63. The summed E-state index contributed by atoms with van der Waals surface area (Å²) < 4.78 is 10.6. The molecule has 2 aromatic rings. The summed E-state index contributed by atoms with van der Waals surface area (Å²) in [6, 6.07) is 15.2. The highest BCUT2D eigenvalue weighted by atomic mass is 16.5. The summed E-state index contributed by atoms with van der Waals surface area (Å²) >= 11 is 0. The number of carboxylic acids is 1. The number of nitrogens with one attached hydrogen (secondary N) is 1. The first-order valence-corrected chi connectivity index (χ1v) is 11.6. The molecule has 1 aliphatic carbocycles. The Bertz CT molecular complexity index is 963. The lowest BCUT2D eigenvalue weighted by Gasteiger charge is -2.26. The maximum absolute atomic E-state index is 13.0. The minimum Gasteiger partial charge on any atom is -0.480 e. The number of rotatable bonds is 12. The second kappa shape index (κ2) is 12.2. The van der Waals surface area contributed by atoms with E-state index < -0.39 is 30.6 Å². The van der Waals surface area contributed by atoms with E-state index in [1.165, 1.54) is 4.90 Å². The first-order valence-electron chi connectivity index (χ1n) is 11.6. The molecule has 0 saturated carbocycles. The Morgan fingerprint density at radius 3 is 2.24 bits per heavy atom. The van der Waals surface area contributed by atoms with Crippen LogP contribution in [0.15, 0.2) is 48.5 Å². The second-order valence-electron chi connectivity index (χ2n) is 8.31. The average molecular weight is 469 g/mol. The minimum absolute atomic E-state index is 0.0932. The normalized spacial score (nSPS) is 13.0. The van der Waals surface area contributed by atoms with Gasteiger partial charge in [-0.3, -0.25) is 9.59 Å². The summed E-state index contributed by atoms with van der Waals surface area (Å²) in [4.78, 5) is 38.2. The molecule has 0 aromatic heterocycles. The Labute approximate surface area is 199 Å². The molecule has 8 heteroatoms. The fourth-order valence-electron chi connectivity index (χ4n) is 4.39. The molecule has 1 unspecified atom stereocenters. The molecule has 8 nitrogen and oxygen atoms in total. The lowest BCUT2D eigenvalue weighted by atomic mass is 9.98. The minimum atomic E-state index is -1.10. The van der Waals surface area contributed by atoms with Gasteiger partial charge in [-0.15, -0.1) is 0 Å². The van der Waals surface area contributed by atoms with Crippen LogP contribution in [-0.4, -0.2) is 67.4 Å². The van der Waals surface area contributed by atoms with Crippen molar-refractivity contribution in [3.63, 3.8) is 0 Å². The molecule has 0 saturated heterocycles. The van der Waals surface area contributed by atoms with Gasteiger partial charge >= 0.3 is 12.1 Å². The van der Waals surface area contributed by atoms with E-state index in [0.29, 0.717) is 25.9 Å². The van der Waals surface area contributed by atoms with E-state index >= 15 is 0 Å². The maximum Gasteiger partial charge on any atom is 0.407 e. The molecule has 0 radical (unpaired) electrons. The van der Waals surface area contributed by atoms with Crippen LogP contribution in [-0.2, 0) is 19.1 Å². The number of alkyl carbamates (subject to hydrolysis) is 1. The fraction of sp³-hybridized carbons (Fsp3) is 0.423. The van der Waals surface area contributed by atoms with Crippen molar-refractivity contribution in [1.82, 2.24) is 10.2 Å². The molecule has 0 bridgehead atoms. The molecule has 1 aliphatic rings. The molecule has 2 amide bonds. The highest BCUT2D eigenvalue weighted by Crippen LogP contribution is 2.44. The van der Waals surface area contributed by atoms with Gasteiger partial charge in [0.15, 0.2) is 0 Å². The average Bonchev–Trinajstić information content (AvgIpc) is 3.15. The van der Waals surface area contributed by atoms with E-state index in [0.717, 1.165) is 22.3 Å². The third-order valence-corrected chi connectivity index (χ3v) is 5.91. The molecule has 34 heavy (non-hydrogen) atoms. The van der Waals surface area contributed by atoms with E-state index in [1.54, 1.807) is 7.11 Å². The topological polar surface area (TPSA) is 105 Å². The quantitative estimate of drug-likeness (QED) is 0.461. The zero-order valence-corrected chi connectivity index (χ0v) is 19.7. The molecule has 182 valence electrons. The Morgan fingerprint density at radius 1 is 1.06 bits per heavy atom. The smallest absolute Gasteiger partial charge is 0.407 e. The van der Waals surface area contributed by atoms with Gasteiger partial charge in [0, 0.05) is 26.2 Å². The van der Waals surface area contributed by atoms with Crippen molar-refractivity contribution in [3.8, 4) is 11.1 Å². The highest BCUT2D eigenvalue weighted by molar-refractivity contribution is 5.88. The van der Waals surface area contributed by atoms with Gasteiger partial charge in [-0.25, -0.2) is 4.79 Å². The van der Waals surface area contributed by atoms with Crippen LogP contribution >= 0.6 is 0 Å². The summed E-state index contributed by atoms with van der Waals surface area (Å²) in [6.45, 7) is 2.29. The Kier molecular flexibility index (Phi) is 9.04. The monoisotopic (exact) mass is 468 g/mol. The molecule has 0 aliphatic heterocycles. The van der Waals surface area contributed by atoms with E-state index in [4.69, 9.17) is 9.47 Å². The van der Waals surface area contributed by atoms with Gasteiger partial charge in [0.2, 0.25) is 5.91 Å². The molecule has 2 aromatic carbocycles. The maximum atomic E-state index is 13.0. The number of nitrogens with zero attached hydrogens (tertiary/aromatic N) is 1. The number of carbonyl (C=O) groups is 3. The SMILES string of the molecule is CCCN(CC(=O)O)C(=O)C(CCCOC)NC(=O)OCC1c2ccccc2-c2ccccc21. The van der Waals surface area contributed by atoms with Crippen LogP contribution < -0.4 is 5.32 Å². The van der Waals surface area contributed by atoms with Crippen LogP contribution in [0.1, 0.15) is 43.2 Å². The van der Waals surface area contributed by atoms with Gasteiger partial charge in [-0.05, 0) is 41.5 Å². The lowest BCUT2D eigenvalue weighted by Crippen LogP contribution is -2.50. The van der Waals surface area contributed by atoms with Crippen molar-refractivity contribution in [1.29, 1.82) is 0 Å². The molecule has 0 fully saturated rings. The largest absolute Gasteiger partial charge is 0.480 e.